The maximum absolute atomic E-state index is 10.2. The van der Waals surface area contributed by atoms with Crippen LogP contribution in [-0.2, 0) is 0 Å². The van der Waals surface area contributed by atoms with Crippen molar-refractivity contribution in [2.75, 3.05) is 0 Å². The molecule has 0 radical (unpaired) electrons. The molecule has 0 aromatic carbocycles. The Morgan fingerprint density at radius 2 is 2.00 bits per heavy atom. The van der Waals surface area contributed by atoms with Crippen molar-refractivity contribution >= 4 is 18.5 Å². The molecule has 1 rings (SSSR count). The Kier molecular flexibility index (Phi) is 1.53. The zero-order chi connectivity index (χ0) is 7.56. The highest BCUT2D eigenvalue weighted by Crippen LogP contribution is 1.92. The van der Waals surface area contributed by atoms with Gasteiger partial charge >= 0.3 is 6.03 Å². The molecule has 0 aromatic rings. The molecule has 0 spiro atoms. The largest absolute Gasteiger partial charge is 0.366 e. The van der Waals surface area contributed by atoms with E-state index < -0.39 is 17.0 Å². The molecule has 1 heterocycles. The maximum Gasteiger partial charge on any atom is 0.366 e. The first-order valence-corrected chi connectivity index (χ1v) is 2.46. The van der Waals surface area contributed by atoms with Crippen LogP contribution in [0.4, 0.5) is 4.79 Å². The smallest absolute Gasteiger partial charge is 0.263 e. The van der Waals surface area contributed by atoms with Crippen LogP contribution in [0.5, 0.6) is 0 Å². The predicted octanol–water partition coefficient (Wildman–Crippen LogP) is -0.0931. The van der Waals surface area contributed by atoms with Crippen LogP contribution < -0.4 is 0 Å². The summed E-state index contributed by atoms with van der Waals surface area (Å²) in [4.78, 5) is 25.9. The number of urea groups is 1. The molecule has 6 nitrogen and oxygen atoms in total. The summed E-state index contributed by atoms with van der Waals surface area (Å²) in [6.07, 6.45) is 1.91. The van der Waals surface area contributed by atoms with E-state index in [-0.39, 0.29) is 0 Å². The minimum absolute atomic E-state index is 0.584. The van der Waals surface area contributed by atoms with Gasteiger partial charge in [-0.05, 0) is 0 Å². The van der Waals surface area contributed by atoms with Gasteiger partial charge in [0.1, 0.15) is 0 Å². The summed E-state index contributed by atoms with van der Waals surface area (Å²) >= 11 is 0. The van der Waals surface area contributed by atoms with Gasteiger partial charge in [-0.25, -0.2) is 4.79 Å². The highest BCUT2D eigenvalue weighted by Gasteiger charge is 2.17. The number of hydrogen-bond acceptors (Lipinski definition) is 3. The summed E-state index contributed by atoms with van der Waals surface area (Å²) in [5.74, 6) is 0. The van der Waals surface area contributed by atoms with E-state index in [1.54, 1.807) is 0 Å². The summed E-state index contributed by atoms with van der Waals surface area (Å²) < 4.78 is 0. The van der Waals surface area contributed by atoms with E-state index in [4.69, 9.17) is 0 Å². The van der Waals surface area contributed by atoms with Gasteiger partial charge in [0.15, 0.2) is 0 Å². The molecule has 0 atom stereocenters. The maximum atomic E-state index is 10.2. The van der Waals surface area contributed by atoms with Crippen molar-refractivity contribution in [3.8, 4) is 0 Å². The van der Waals surface area contributed by atoms with Crippen molar-refractivity contribution in [1.82, 2.24) is 0 Å². The van der Waals surface area contributed by atoms with Crippen molar-refractivity contribution in [2.45, 2.75) is 6.04 Å². The van der Waals surface area contributed by atoms with E-state index in [0.717, 1.165) is 12.4 Å². The van der Waals surface area contributed by atoms with E-state index in [2.05, 4.69) is 9.98 Å². The fourth-order valence-electron chi connectivity index (χ4n) is 0.461. The second kappa shape index (κ2) is 2.34. The third kappa shape index (κ3) is 1.22. The van der Waals surface area contributed by atoms with Crippen LogP contribution >= 0.6 is 0 Å². The Balaban J connectivity index is 2.71. The van der Waals surface area contributed by atoms with Crippen molar-refractivity contribution in [3.63, 3.8) is 0 Å². The molecule has 0 aromatic heterocycles. The Morgan fingerprint density at radius 3 is 2.40 bits per heavy atom. The number of carbonyl (C=O) groups excluding carboxylic acids is 1. The second-order valence-corrected chi connectivity index (χ2v) is 1.61. The first kappa shape index (κ1) is 6.53. The normalized spacial score (nSPS) is 17.8. The van der Waals surface area contributed by atoms with Crippen LogP contribution in [0, 0.1) is 10.1 Å². The minimum Gasteiger partial charge on any atom is -0.263 e. The van der Waals surface area contributed by atoms with E-state index in [1.165, 1.54) is 0 Å². The fourth-order valence-corrected chi connectivity index (χ4v) is 0.461. The Morgan fingerprint density at radius 1 is 1.50 bits per heavy atom. The molecule has 1 aliphatic heterocycles. The van der Waals surface area contributed by atoms with E-state index >= 15 is 0 Å². The Hall–Kier alpha value is -1.59. The van der Waals surface area contributed by atoms with Crippen molar-refractivity contribution < 1.29 is 9.72 Å². The molecule has 0 aliphatic carbocycles. The lowest BCUT2D eigenvalue weighted by Crippen LogP contribution is -2.25. The van der Waals surface area contributed by atoms with Crippen molar-refractivity contribution in [1.29, 1.82) is 0 Å². The van der Waals surface area contributed by atoms with Crippen LogP contribution in [0.15, 0.2) is 9.98 Å². The minimum atomic E-state index is -1.04. The Bertz CT molecular complexity index is 216. The molecule has 52 valence electrons. The van der Waals surface area contributed by atoms with Gasteiger partial charge in [-0.1, -0.05) is 0 Å². The molecule has 0 fully saturated rings. The fraction of sp³-hybridized carbons (Fsp3) is 0.250. The molecule has 0 bridgehead atoms. The number of hydrogen-bond donors (Lipinski definition) is 0. The Labute approximate surface area is 55.4 Å². The molecule has 2 amide bonds. The average molecular weight is 141 g/mol. The summed E-state index contributed by atoms with van der Waals surface area (Å²) in [7, 11) is 0. The zero-order valence-corrected chi connectivity index (χ0v) is 4.80. The number of nitrogens with zero attached hydrogens (tertiary/aromatic N) is 3. The first-order valence-electron chi connectivity index (χ1n) is 2.46. The predicted molar refractivity (Wildman–Crippen MR) is 33.2 cm³/mol. The summed E-state index contributed by atoms with van der Waals surface area (Å²) in [5, 5.41) is 9.97. The van der Waals surface area contributed by atoms with Crippen LogP contribution in [0.2, 0.25) is 0 Å². The highest BCUT2D eigenvalue weighted by molar-refractivity contribution is 6.02. The van der Waals surface area contributed by atoms with E-state index in [0.29, 0.717) is 0 Å². The third-order valence-corrected chi connectivity index (χ3v) is 0.919. The van der Waals surface area contributed by atoms with E-state index in [1.807, 2.05) is 0 Å². The van der Waals surface area contributed by atoms with Gasteiger partial charge in [-0.15, -0.1) is 0 Å². The molecule has 0 unspecified atom stereocenters. The van der Waals surface area contributed by atoms with Crippen molar-refractivity contribution in [2.24, 2.45) is 9.98 Å². The van der Waals surface area contributed by atoms with Gasteiger partial charge in [0.2, 0.25) is 0 Å². The van der Waals surface area contributed by atoms with Gasteiger partial charge in [-0.2, -0.15) is 9.98 Å². The van der Waals surface area contributed by atoms with Crippen molar-refractivity contribution in [3.05, 3.63) is 10.1 Å². The molecule has 1 aliphatic rings. The molecule has 0 N–H and O–H groups in total. The van der Waals surface area contributed by atoms with Gasteiger partial charge in [0.25, 0.3) is 6.04 Å². The van der Waals surface area contributed by atoms with Gasteiger partial charge in [0, 0.05) is 4.92 Å². The monoisotopic (exact) mass is 141 g/mol. The molecule has 6 heteroatoms. The third-order valence-electron chi connectivity index (χ3n) is 0.919. The molecular weight excluding hydrogens is 138 g/mol. The van der Waals surface area contributed by atoms with E-state index in [9.17, 15) is 14.9 Å². The number of amides is 2. The standard InChI is InChI=1S/C4H3N3O3/c8-4-5-1-3(2-6-4)7(9)10/h1-3H. The van der Waals surface area contributed by atoms with Gasteiger partial charge < -0.3 is 0 Å². The van der Waals surface area contributed by atoms with Gasteiger partial charge in [-0.3, -0.25) is 10.1 Å². The summed E-state index contributed by atoms with van der Waals surface area (Å²) in [6, 6.07) is -1.74. The SMILES string of the molecule is O=C1N=CC([N+](=O)[O-])C=N1. The first-order chi connectivity index (χ1) is 4.70. The van der Waals surface area contributed by atoms with Crippen LogP contribution in [-0.4, -0.2) is 29.4 Å². The number of rotatable bonds is 1. The van der Waals surface area contributed by atoms with Gasteiger partial charge in [0.05, 0.1) is 12.4 Å². The number of nitro groups is 1. The molecule has 10 heavy (non-hydrogen) atoms. The molecular formula is C4H3N3O3. The topological polar surface area (TPSA) is 84.9 Å². The lowest BCUT2D eigenvalue weighted by Gasteiger charge is -1.98. The van der Waals surface area contributed by atoms with Crippen LogP contribution in [0.1, 0.15) is 0 Å². The highest BCUT2D eigenvalue weighted by atomic mass is 16.6. The lowest BCUT2D eigenvalue weighted by molar-refractivity contribution is -0.482. The number of carbonyl (C=O) groups is 1. The van der Waals surface area contributed by atoms with Crippen LogP contribution in [0.3, 0.4) is 0 Å². The second-order valence-electron chi connectivity index (χ2n) is 1.61. The molecule has 0 saturated heterocycles. The zero-order valence-electron chi connectivity index (χ0n) is 4.80. The number of aliphatic imine (C=N–C) groups is 2. The quantitative estimate of drug-likeness (QED) is 0.377. The summed E-state index contributed by atoms with van der Waals surface area (Å²) in [5.41, 5.74) is 0. The average Bonchev–Trinajstić information content (AvgIpc) is 1.88. The van der Waals surface area contributed by atoms with Crippen LogP contribution in [0.25, 0.3) is 0 Å². The molecule has 0 saturated carbocycles. The lowest BCUT2D eigenvalue weighted by atomic mass is 10.3. The summed E-state index contributed by atoms with van der Waals surface area (Å²) in [6.45, 7) is 0.